The first-order valence-electron chi connectivity index (χ1n) is 11.3. The van der Waals surface area contributed by atoms with E-state index in [4.69, 9.17) is 16.3 Å². The van der Waals surface area contributed by atoms with Gasteiger partial charge < -0.3 is 25.6 Å². The largest absolute Gasteiger partial charge is 0.491 e. The van der Waals surface area contributed by atoms with Gasteiger partial charge in [-0.15, -0.1) is 0 Å². The second kappa shape index (κ2) is 11.5. The Hall–Kier alpha value is -3.87. The van der Waals surface area contributed by atoms with Crippen molar-refractivity contribution >= 4 is 40.6 Å². The number of nitrogens with zero attached hydrogens (tertiary/aromatic N) is 4. The molecule has 1 aliphatic rings. The van der Waals surface area contributed by atoms with Crippen LogP contribution in [0.25, 0.3) is 0 Å². The number of halogens is 1. The molecule has 1 amide bonds. The molecule has 0 saturated carbocycles. The number of fused-ring (bicyclic) bond motifs is 5. The van der Waals surface area contributed by atoms with E-state index >= 15 is 0 Å². The lowest BCUT2D eigenvalue weighted by molar-refractivity contribution is -0.121. The number of anilines is 4. The van der Waals surface area contributed by atoms with Crippen LogP contribution in [0.2, 0.25) is 5.02 Å². The van der Waals surface area contributed by atoms with E-state index in [9.17, 15) is 10.1 Å². The fourth-order valence-electron chi connectivity index (χ4n) is 3.60. The molecular formula is C25H26ClN7O2. The third-order valence-corrected chi connectivity index (χ3v) is 5.60. The molecular weight excluding hydrogens is 466 g/mol. The van der Waals surface area contributed by atoms with E-state index in [0.717, 1.165) is 11.3 Å². The maximum absolute atomic E-state index is 12.2. The van der Waals surface area contributed by atoms with Crippen molar-refractivity contribution in [1.82, 2.24) is 20.2 Å². The van der Waals surface area contributed by atoms with E-state index in [0.29, 0.717) is 67.3 Å². The third-order valence-electron chi connectivity index (χ3n) is 5.36. The number of carbonyl (C=O) groups excluding carboxylic acids is 1. The van der Waals surface area contributed by atoms with E-state index in [1.54, 1.807) is 18.2 Å². The molecule has 2 heterocycles. The van der Waals surface area contributed by atoms with Crippen LogP contribution in [0.15, 0.2) is 48.7 Å². The lowest BCUT2D eigenvalue weighted by Crippen LogP contribution is -2.29. The molecule has 35 heavy (non-hydrogen) atoms. The average Bonchev–Trinajstić information content (AvgIpc) is 2.84. The highest BCUT2D eigenvalue weighted by Crippen LogP contribution is 2.32. The van der Waals surface area contributed by atoms with Gasteiger partial charge in [-0.1, -0.05) is 23.7 Å². The fraction of sp³-hybridized carbons (Fsp3) is 0.280. The van der Waals surface area contributed by atoms with Gasteiger partial charge in [-0.05, 0) is 49.4 Å². The highest BCUT2D eigenvalue weighted by Gasteiger charge is 2.13. The number of aromatic nitrogens is 2. The molecule has 1 aliphatic heterocycles. The van der Waals surface area contributed by atoms with Crippen LogP contribution in [0.4, 0.5) is 23.1 Å². The summed E-state index contributed by atoms with van der Waals surface area (Å²) in [4.78, 5) is 23.1. The monoisotopic (exact) mass is 491 g/mol. The van der Waals surface area contributed by atoms with E-state index in [-0.39, 0.29) is 11.5 Å². The summed E-state index contributed by atoms with van der Waals surface area (Å²) in [5.74, 6) is 1.24. The SMILES string of the molecule is CN1CCC(=O)NCCCOc2ccc(Cl)cc2Nc2nc(ncc2C#N)Nc2cccc(c2)C1. The first-order valence-corrected chi connectivity index (χ1v) is 11.7. The maximum atomic E-state index is 12.2. The Morgan fingerprint density at radius 3 is 2.94 bits per heavy atom. The summed E-state index contributed by atoms with van der Waals surface area (Å²) in [5, 5.41) is 19.4. The molecule has 4 bridgehead atoms. The molecule has 0 aliphatic carbocycles. The van der Waals surface area contributed by atoms with Gasteiger partial charge in [-0.25, -0.2) is 4.98 Å². The Balaban J connectivity index is 1.66. The van der Waals surface area contributed by atoms with Crippen LogP contribution in [0.3, 0.4) is 0 Å². The molecule has 0 fully saturated rings. The quantitative estimate of drug-likeness (QED) is 0.428. The van der Waals surface area contributed by atoms with Gasteiger partial charge in [0.15, 0.2) is 5.82 Å². The summed E-state index contributed by atoms with van der Waals surface area (Å²) in [6.45, 7) is 2.24. The molecule has 4 rings (SSSR count). The predicted molar refractivity (Wildman–Crippen MR) is 135 cm³/mol. The molecule has 0 radical (unpaired) electrons. The molecule has 9 nitrogen and oxygen atoms in total. The Bertz CT molecular complexity index is 1240. The van der Waals surface area contributed by atoms with Gasteiger partial charge >= 0.3 is 0 Å². The summed E-state index contributed by atoms with van der Waals surface area (Å²) in [6, 6.07) is 15.2. The molecule has 0 spiro atoms. The lowest BCUT2D eigenvalue weighted by Gasteiger charge is -2.18. The van der Waals surface area contributed by atoms with Crippen molar-refractivity contribution in [3.8, 4) is 11.8 Å². The van der Waals surface area contributed by atoms with Crippen LogP contribution in [-0.4, -0.2) is 47.5 Å². The standard InChI is InChI=1S/C25H26ClN7O2/c1-33-10-8-23(34)28-9-3-11-35-22-7-6-19(26)13-21(22)31-24-18(14-27)15-29-25(32-24)30-20-5-2-4-17(12-20)16-33/h2,4-7,12-13,15H,3,8-11,16H2,1H3,(H,28,34)(H2,29,30,31,32). The Labute approximate surface area is 209 Å². The topological polar surface area (TPSA) is 115 Å². The third kappa shape index (κ3) is 6.82. The number of amides is 1. The first kappa shape index (κ1) is 24.3. The molecule has 3 N–H and O–H groups in total. The number of benzene rings is 2. The van der Waals surface area contributed by atoms with Crippen molar-refractivity contribution in [2.45, 2.75) is 19.4 Å². The normalized spacial score (nSPS) is 15.3. The van der Waals surface area contributed by atoms with Crippen LogP contribution in [0.1, 0.15) is 24.0 Å². The highest BCUT2D eigenvalue weighted by atomic mass is 35.5. The molecule has 1 aromatic heterocycles. The number of nitrogens with one attached hydrogen (secondary N) is 3. The minimum atomic E-state index is 0.00943. The van der Waals surface area contributed by atoms with Gasteiger partial charge in [-0.2, -0.15) is 10.2 Å². The fourth-order valence-corrected chi connectivity index (χ4v) is 3.77. The molecule has 0 saturated heterocycles. The molecule has 3 aromatic rings. The molecule has 0 atom stereocenters. The van der Waals surface area contributed by atoms with Crippen molar-refractivity contribution in [2.75, 3.05) is 37.4 Å². The first-order chi connectivity index (χ1) is 17.0. The Morgan fingerprint density at radius 2 is 2.09 bits per heavy atom. The zero-order valence-corrected chi connectivity index (χ0v) is 20.1. The second-order valence-corrected chi connectivity index (χ2v) is 8.63. The minimum Gasteiger partial charge on any atom is -0.491 e. The van der Waals surface area contributed by atoms with E-state index < -0.39 is 0 Å². The molecule has 2 aromatic carbocycles. The van der Waals surface area contributed by atoms with Crippen LogP contribution < -0.4 is 20.7 Å². The summed E-state index contributed by atoms with van der Waals surface area (Å²) in [5.41, 5.74) is 2.74. The van der Waals surface area contributed by atoms with Crippen LogP contribution >= 0.6 is 11.6 Å². The summed E-state index contributed by atoms with van der Waals surface area (Å²) in [6.07, 6.45) is 2.53. The van der Waals surface area contributed by atoms with Crippen molar-refractivity contribution in [3.05, 3.63) is 64.8 Å². The molecule has 10 heteroatoms. The van der Waals surface area contributed by atoms with Gasteiger partial charge in [0.25, 0.3) is 0 Å². The Morgan fingerprint density at radius 1 is 1.20 bits per heavy atom. The van der Waals surface area contributed by atoms with Gasteiger partial charge in [-0.3, -0.25) is 4.79 Å². The van der Waals surface area contributed by atoms with Gasteiger partial charge in [0.05, 0.1) is 18.5 Å². The van der Waals surface area contributed by atoms with Crippen LogP contribution in [0, 0.1) is 11.3 Å². The minimum absolute atomic E-state index is 0.00943. The van der Waals surface area contributed by atoms with Gasteiger partial charge in [0.1, 0.15) is 17.4 Å². The van der Waals surface area contributed by atoms with Gasteiger partial charge in [0, 0.05) is 36.8 Å². The van der Waals surface area contributed by atoms with Crippen molar-refractivity contribution < 1.29 is 9.53 Å². The zero-order valence-electron chi connectivity index (χ0n) is 19.3. The summed E-state index contributed by atoms with van der Waals surface area (Å²) >= 11 is 6.22. The number of hydrogen-bond donors (Lipinski definition) is 3. The number of nitriles is 1. The Kier molecular flexibility index (Phi) is 7.98. The summed E-state index contributed by atoms with van der Waals surface area (Å²) in [7, 11) is 1.98. The van der Waals surface area contributed by atoms with Gasteiger partial charge in [0.2, 0.25) is 11.9 Å². The van der Waals surface area contributed by atoms with Crippen molar-refractivity contribution in [2.24, 2.45) is 0 Å². The van der Waals surface area contributed by atoms with E-state index in [1.165, 1.54) is 6.20 Å². The van der Waals surface area contributed by atoms with E-state index in [1.807, 2.05) is 31.3 Å². The van der Waals surface area contributed by atoms with Crippen molar-refractivity contribution in [1.29, 1.82) is 5.26 Å². The van der Waals surface area contributed by atoms with Crippen molar-refractivity contribution in [3.63, 3.8) is 0 Å². The smallest absolute Gasteiger partial charge is 0.229 e. The zero-order chi connectivity index (χ0) is 24.6. The average molecular weight is 492 g/mol. The number of rotatable bonds is 0. The second-order valence-electron chi connectivity index (χ2n) is 8.20. The van der Waals surface area contributed by atoms with E-state index in [2.05, 4.69) is 36.9 Å². The lowest BCUT2D eigenvalue weighted by atomic mass is 10.2. The van der Waals surface area contributed by atoms with Crippen LogP contribution in [-0.2, 0) is 11.3 Å². The number of hydrogen-bond acceptors (Lipinski definition) is 8. The number of ether oxygens (including phenoxy) is 1. The maximum Gasteiger partial charge on any atom is 0.229 e. The predicted octanol–water partition coefficient (Wildman–Crippen LogP) is 4.21. The number of carbonyl (C=O) groups is 1. The highest BCUT2D eigenvalue weighted by molar-refractivity contribution is 6.31. The van der Waals surface area contributed by atoms with Crippen LogP contribution in [0.5, 0.6) is 5.75 Å². The summed E-state index contributed by atoms with van der Waals surface area (Å²) < 4.78 is 5.93. The molecule has 180 valence electrons. The molecule has 0 unspecified atom stereocenters.